The SMILES string of the molecule is Cc1ccc(C#N)c([C@H]2C[C@@H](NC(=O)c3cn([C@H](C)c4nnc(N5C[C@H]6C[C@H]6C5=O)c(C)c4C)nn3)C2)n1. The Labute approximate surface area is 220 Å². The molecule has 0 aromatic carbocycles. The first-order chi connectivity index (χ1) is 18.2. The van der Waals surface area contributed by atoms with Gasteiger partial charge in [-0.05, 0) is 76.1 Å². The number of aryl methyl sites for hydroxylation is 1. The van der Waals surface area contributed by atoms with Crippen LogP contribution in [-0.4, -0.2) is 54.6 Å². The van der Waals surface area contributed by atoms with Crippen molar-refractivity contribution < 1.29 is 9.59 Å². The van der Waals surface area contributed by atoms with E-state index in [1.54, 1.807) is 21.8 Å². The number of nitriles is 1. The van der Waals surface area contributed by atoms with Crippen LogP contribution >= 0.6 is 0 Å². The number of fused-ring (bicyclic) bond motifs is 1. The zero-order chi connectivity index (χ0) is 26.7. The predicted octanol–water partition coefficient (Wildman–Crippen LogP) is 2.53. The van der Waals surface area contributed by atoms with Gasteiger partial charge in [0.15, 0.2) is 11.5 Å². The Bertz CT molecular complexity index is 1500. The monoisotopic (exact) mass is 511 g/mol. The Morgan fingerprint density at radius 3 is 2.63 bits per heavy atom. The number of rotatable bonds is 6. The molecule has 1 saturated heterocycles. The van der Waals surface area contributed by atoms with Gasteiger partial charge in [-0.15, -0.1) is 10.2 Å². The molecular weight excluding hydrogens is 482 g/mol. The first kappa shape index (κ1) is 24.2. The summed E-state index contributed by atoms with van der Waals surface area (Å²) in [5, 5.41) is 29.5. The third-order valence-corrected chi connectivity index (χ3v) is 8.29. The molecule has 1 N–H and O–H groups in total. The number of nitrogens with one attached hydrogen (secondary N) is 1. The Kier molecular flexibility index (Phi) is 5.70. The quantitative estimate of drug-likeness (QED) is 0.532. The molecule has 2 aliphatic carbocycles. The molecular formula is C27H29N9O2. The fraction of sp³-hybridized carbons (Fsp3) is 0.481. The number of amides is 2. The second-order valence-corrected chi connectivity index (χ2v) is 10.8. The standard InChI is InChI=1S/C27H29N9O2/c1-13-5-6-17(10-28)24(29-13)18-7-20(8-18)30-26(37)22-12-36(34-31-22)16(4)23-14(2)15(3)25(33-32-23)35-11-19-9-21(19)27(35)38/h5-6,12,16,18-21H,7-9,11H2,1-4H3,(H,30,37)/t16-,18-,19-,20+,21-/m1/s1. The molecule has 0 spiro atoms. The summed E-state index contributed by atoms with van der Waals surface area (Å²) in [6.07, 6.45) is 4.06. The molecule has 3 aliphatic rings. The molecule has 11 nitrogen and oxygen atoms in total. The summed E-state index contributed by atoms with van der Waals surface area (Å²) in [5.74, 6) is 1.27. The highest BCUT2D eigenvalue weighted by Crippen LogP contribution is 2.47. The Hall–Kier alpha value is -4.20. The van der Waals surface area contributed by atoms with Crippen molar-refractivity contribution in [1.82, 2.24) is 35.5 Å². The third-order valence-electron chi connectivity index (χ3n) is 8.29. The van der Waals surface area contributed by atoms with Crippen LogP contribution in [0.5, 0.6) is 0 Å². The van der Waals surface area contributed by atoms with Gasteiger partial charge in [-0.25, -0.2) is 4.68 Å². The number of carbonyl (C=O) groups excluding carboxylic acids is 2. The maximum Gasteiger partial charge on any atom is 0.273 e. The van der Waals surface area contributed by atoms with Gasteiger partial charge in [0.05, 0.1) is 29.2 Å². The third kappa shape index (κ3) is 4.00. The molecule has 2 amide bonds. The van der Waals surface area contributed by atoms with Crippen LogP contribution in [0.2, 0.25) is 0 Å². The summed E-state index contributed by atoms with van der Waals surface area (Å²) >= 11 is 0. The molecule has 1 aliphatic heterocycles. The van der Waals surface area contributed by atoms with E-state index in [1.807, 2.05) is 33.8 Å². The maximum atomic E-state index is 12.9. The highest BCUT2D eigenvalue weighted by molar-refractivity contribution is 5.99. The summed E-state index contributed by atoms with van der Waals surface area (Å²) in [6.45, 7) is 8.49. The minimum Gasteiger partial charge on any atom is -0.348 e. The smallest absolute Gasteiger partial charge is 0.273 e. The molecule has 3 aromatic rings. The minimum absolute atomic E-state index is 0.00781. The minimum atomic E-state index is -0.295. The number of hydrogen-bond acceptors (Lipinski definition) is 8. The van der Waals surface area contributed by atoms with Gasteiger partial charge < -0.3 is 5.32 Å². The number of anilines is 1. The number of hydrogen-bond donors (Lipinski definition) is 1. The molecule has 3 aromatic heterocycles. The predicted molar refractivity (Wildman–Crippen MR) is 136 cm³/mol. The van der Waals surface area contributed by atoms with Crippen LogP contribution in [0.25, 0.3) is 0 Å². The zero-order valence-electron chi connectivity index (χ0n) is 21.8. The van der Waals surface area contributed by atoms with Gasteiger partial charge in [0.1, 0.15) is 6.07 Å². The number of carbonyl (C=O) groups is 2. The molecule has 6 rings (SSSR count). The lowest BCUT2D eigenvalue weighted by Crippen LogP contribution is -2.43. The molecule has 2 saturated carbocycles. The first-order valence-corrected chi connectivity index (χ1v) is 13.0. The van der Waals surface area contributed by atoms with Crippen molar-refractivity contribution in [3.8, 4) is 6.07 Å². The zero-order valence-corrected chi connectivity index (χ0v) is 21.8. The van der Waals surface area contributed by atoms with Crippen LogP contribution in [0.1, 0.15) is 82.4 Å². The van der Waals surface area contributed by atoms with Crippen molar-refractivity contribution in [2.45, 2.75) is 65.0 Å². The van der Waals surface area contributed by atoms with Crippen LogP contribution in [0, 0.1) is 43.9 Å². The van der Waals surface area contributed by atoms with Crippen molar-refractivity contribution in [3.05, 3.63) is 57.8 Å². The van der Waals surface area contributed by atoms with Crippen molar-refractivity contribution >= 4 is 17.6 Å². The highest BCUT2D eigenvalue weighted by atomic mass is 16.2. The average Bonchev–Trinajstić information content (AvgIpc) is 3.33. The molecule has 0 unspecified atom stereocenters. The van der Waals surface area contributed by atoms with E-state index in [-0.39, 0.29) is 41.4 Å². The van der Waals surface area contributed by atoms with Crippen LogP contribution < -0.4 is 10.2 Å². The fourth-order valence-corrected chi connectivity index (χ4v) is 5.63. The van der Waals surface area contributed by atoms with Gasteiger partial charge in [0.2, 0.25) is 5.91 Å². The number of piperidine rings is 1. The molecule has 3 fully saturated rings. The van der Waals surface area contributed by atoms with Crippen molar-refractivity contribution in [3.63, 3.8) is 0 Å². The van der Waals surface area contributed by atoms with Crippen LogP contribution in [0.4, 0.5) is 5.82 Å². The van der Waals surface area contributed by atoms with Gasteiger partial charge in [0, 0.05) is 30.1 Å². The van der Waals surface area contributed by atoms with Crippen LogP contribution in [0.15, 0.2) is 18.3 Å². The average molecular weight is 512 g/mol. The van der Waals surface area contributed by atoms with Gasteiger partial charge in [-0.1, -0.05) is 5.21 Å². The normalized spacial score (nSPS) is 24.4. The Balaban J connectivity index is 1.11. The van der Waals surface area contributed by atoms with E-state index in [0.717, 1.165) is 54.0 Å². The van der Waals surface area contributed by atoms with Gasteiger partial charge in [-0.3, -0.25) is 19.5 Å². The molecule has 11 heteroatoms. The number of nitrogens with zero attached hydrogens (tertiary/aromatic N) is 8. The van der Waals surface area contributed by atoms with Gasteiger partial charge in [-0.2, -0.15) is 10.4 Å². The second-order valence-electron chi connectivity index (χ2n) is 10.8. The number of pyridine rings is 1. The van der Waals surface area contributed by atoms with Gasteiger partial charge >= 0.3 is 0 Å². The lowest BCUT2D eigenvalue weighted by atomic mass is 9.76. The van der Waals surface area contributed by atoms with E-state index in [1.165, 1.54) is 0 Å². The summed E-state index contributed by atoms with van der Waals surface area (Å²) in [6, 6.07) is 5.55. The summed E-state index contributed by atoms with van der Waals surface area (Å²) < 4.78 is 1.61. The molecule has 4 heterocycles. The summed E-state index contributed by atoms with van der Waals surface area (Å²) in [5.41, 5.74) is 5.10. The van der Waals surface area contributed by atoms with Crippen molar-refractivity contribution in [1.29, 1.82) is 5.26 Å². The molecule has 38 heavy (non-hydrogen) atoms. The molecule has 3 atom stereocenters. The van der Waals surface area contributed by atoms with Gasteiger partial charge in [0.25, 0.3) is 5.91 Å². The molecule has 0 bridgehead atoms. The molecule has 0 radical (unpaired) electrons. The second kappa shape index (κ2) is 8.97. The Morgan fingerprint density at radius 1 is 1.13 bits per heavy atom. The lowest BCUT2D eigenvalue weighted by molar-refractivity contribution is -0.118. The molecule has 194 valence electrons. The number of aromatic nitrogens is 6. The van der Waals surface area contributed by atoms with Crippen molar-refractivity contribution in [2.75, 3.05) is 11.4 Å². The Morgan fingerprint density at radius 2 is 1.92 bits per heavy atom. The van der Waals surface area contributed by atoms with E-state index >= 15 is 0 Å². The summed E-state index contributed by atoms with van der Waals surface area (Å²) in [4.78, 5) is 31.7. The van der Waals surface area contributed by atoms with E-state index in [2.05, 4.69) is 36.9 Å². The topological polar surface area (TPSA) is 143 Å². The van der Waals surface area contributed by atoms with E-state index in [0.29, 0.717) is 17.3 Å². The maximum absolute atomic E-state index is 12.9. The summed E-state index contributed by atoms with van der Waals surface area (Å²) in [7, 11) is 0. The van der Waals surface area contributed by atoms with E-state index in [9.17, 15) is 14.9 Å². The lowest BCUT2D eigenvalue weighted by Gasteiger charge is -2.35. The highest BCUT2D eigenvalue weighted by Gasteiger charge is 2.53. The van der Waals surface area contributed by atoms with Crippen LogP contribution in [0.3, 0.4) is 0 Å². The van der Waals surface area contributed by atoms with E-state index in [4.69, 9.17) is 0 Å². The van der Waals surface area contributed by atoms with E-state index < -0.39 is 0 Å². The first-order valence-electron chi connectivity index (χ1n) is 13.0. The van der Waals surface area contributed by atoms with Crippen LogP contribution in [-0.2, 0) is 4.79 Å². The largest absolute Gasteiger partial charge is 0.348 e. The van der Waals surface area contributed by atoms with Crippen molar-refractivity contribution in [2.24, 2.45) is 11.8 Å². The fourth-order valence-electron chi connectivity index (χ4n) is 5.63.